The van der Waals surface area contributed by atoms with E-state index in [1.165, 1.54) is 23.2 Å². The number of rotatable bonds is 3. The fourth-order valence-corrected chi connectivity index (χ4v) is 3.03. The van der Waals surface area contributed by atoms with Crippen molar-refractivity contribution in [2.24, 2.45) is 14.1 Å². The highest BCUT2D eigenvalue weighted by atomic mass is 35.5. The first-order valence-electron chi connectivity index (χ1n) is 7.23. The lowest BCUT2D eigenvalue weighted by molar-refractivity contribution is 0.0973. The predicted octanol–water partition coefficient (Wildman–Crippen LogP) is 0.915. The van der Waals surface area contributed by atoms with Crippen molar-refractivity contribution >= 4 is 28.5 Å². The number of H-pyrrole nitrogens is 1. The first kappa shape index (κ1) is 16.3. The number of aromatic amines is 1. The van der Waals surface area contributed by atoms with E-state index in [4.69, 9.17) is 11.6 Å². The number of hydrogen-bond acceptors (Lipinski definition) is 4. The number of fused-ring (bicyclic) bond motifs is 1. The van der Waals surface area contributed by atoms with Gasteiger partial charge in [0.2, 0.25) is 5.28 Å². The Morgan fingerprint density at radius 3 is 2.50 bits per heavy atom. The molecule has 0 unspecified atom stereocenters. The largest absolute Gasteiger partial charge is 0.362 e. The molecule has 0 saturated heterocycles. The highest BCUT2D eigenvalue weighted by Gasteiger charge is 2.21. The molecular formula is C15H16ClN5O3. The highest BCUT2D eigenvalue weighted by molar-refractivity contribution is 6.29. The molecule has 3 rings (SSSR count). The lowest BCUT2D eigenvalue weighted by Crippen LogP contribution is -2.37. The number of hydrogen-bond donors (Lipinski definition) is 1. The van der Waals surface area contributed by atoms with Crippen molar-refractivity contribution in [1.82, 2.24) is 23.7 Å². The Labute approximate surface area is 141 Å². The molecule has 0 aliphatic carbocycles. The molecule has 0 amide bonds. The van der Waals surface area contributed by atoms with Crippen LogP contribution in [0.3, 0.4) is 0 Å². The summed E-state index contributed by atoms with van der Waals surface area (Å²) in [6.07, 6.45) is 0. The van der Waals surface area contributed by atoms with Gasteiger partial charge in [0.1, 0.15) is 0 Å². The normalized spacial score (nSPS) is 11.4. The second-order valence-electron chi connectivity index (χ2n) is 5.76. The number of nitrogens with one attached hydrogen (secondary N) is 1. The van der Waals surface area contributed by atoms with E-state index in [9.17, 15) is 14.4 Å². The second kappa shape index (κ2) is 5.48. The molecule has 126 valence electrons. The van der Waals surface area contributed by atoms with Crippen LogP contribution in [0.4, 0.5) is 0 Å². The molecule has 0 aromatic carbocycles. The quantitative estimate of drug-likeness (QED) is 0.561. The van der Waals surface area contributed by atoms with Crippen molar-refractivity contribution in [3.05, 3.63) is 49.1 Å². The van der Waals surface area contributed by atoms with Gasteiger partial charge in [0.15, 0.2) is 16.9 Å². The van der Waals surface area contributed by atoms with Crippen LogP contribution in [0.15, 0.2) is 15.7 Å². The Kier molecular flexibility index (Phi) is 3.71. The van der Waals surface area contributed by atoms with Crippen LogP contribution in [0.2, 0.25) is 5.28 Å². The van der Waals surface area contributed by atoms with E-state index < -0.39 is 11.2 Å². The van der Waals surface area contributed by atoms with Gasteiger partial charge in [-0.1, -0.05) is 0 Å². The van der Waals surface area contributed by atoms with Crippen LogP contribution in [-0.2, 0) is 20.6 Å². The van der Waals surface area contributed by atoms with Crippen LogP contribution >= 0.6 is 11.6 Å². The summed E-state index contributed by atoms with van der Waals surface area (Å²) in [4.78, 5) is 44.1. The number of ketones is 1. The monoisotopic (exact) mass is 349 g/mol. The number of aromatic nitrogens is 5. The molecule has 8 nitrogen and oxygen atoms in total. The van der Waals surface area contributed by atoms with Crippen molar-refractivity contribution in [3.8, 4) is 0 Å². The number of halogens is 1. The molecule has 1 N–H and O–H groups in total. The molecule has 3 aromatic heterocycles. The zero-order chi connectivity index (χ0) is 17.8. The number of carbonyl (C=O) groups is 1. The molecule has 0 fully saturated rings. The minimum atomic E-state index is -0.540. The van der Waals surface area contributed by atoms with Crippen molar-refractivity contribution in [2.75, 3.05) is 0 Å². The molecular weight excluding hydrogens is 334 g/mol. The maximum Gasteiger partial charge on any atom is 0.332 e. The van der Waals surface area contributed by atoms with E-state index in [1.54, 1.807) is 13.0 Å². The molecule has 0 bridgehead atoms. The smallest absolute Gasteiger partial charge is 0.332 e. The molecule has 0 saturated carbocycles. The molecule has 9 heteroatoms. The van der Waals surface area contributed by atoms with Gasteiger partial charge in [0.25, 0.3) is 5.56 Å². The third-order valence-corrected chi connectivity index (χ3v) is 4.34. The van der Waals surface area contributed by atoms with Crippen LogP contribution < -0.4 is 11.2 Å². The van der Waals surface area contributed by atoms with E-state index in [0.29, 0.717) is 5.56 Å². The van der Waals surface area contributed by atoms with Gasteiger partial charge in [0, 0.05) is 31.0 Å². The molecule has 0 spiro atoms. The summed E-state index contributed by atoms with van der Waals surface area (Å²) in [6.45, 7) is 3.52. The SMILES string of the molecule is Cc1cc(C(=O)Cn2c(Cl)nc3c2c(=O)n(C)c(=O)n3C)c(C)[nH]1. The average Bonchev–Trinajstić information content (AvgIpc) is 3.03. The summed E-state index contributed by atoms with van der Waals surface area (Å²) >= 11 is 6.12. The van der Waals surface area contributed by atoms with Crippen molar-refractivity contribution in [2.45, 2.75) is 20.4 Å². The Balaban J connectivity index is 2.19. The van der Waals surface area contributed by atoms with Crippen LogP contribution in [-0.4, -0.2) is 29.5 Å². The van der Waals surface area contributed by atoms with Gasteiger partial charge >= 0.3 is 5.69 Å². The third kappa shape index (κ3) is 2.30. The molecule has 0 aliphatic heterocycles. The summed E-state index contributed by atoms with van der Waals surface area (Å²) in [5.41, 5.74) is 1.39. The first-order chi connectivity index (χ1) is 11.2. The summed E-state index contributed by atoms with van der Waals surface area (Å²) in [6, 6.07) is 1.75. The van der Waals surface area contributed by atoms with E-state index >= 15 is 0 Å². The number of nitrogens with zero attached hydrogens (tertiary/aromatic N) is 4. The van der Waals surface area contributed by atoms with Crippen LogP contribution in [0, 0.1) is 13.8 Å². The van der Waals surface area contributed by atoms with Crippen molar-refractivity contribution in [1.29, 1.82) is 0 Å². The molecule has 0 aliphatic rings. The zero-order valence-electron chi connectivity index (χ0n) is 13.7. The summed E-state index contributed by atoms with van der Waals surface area (Å²) in [5, 5.41) is -0.0124. The summed E-state index contributed by atoms with van der Waals surface area (Å²) in [5.74, 6) is -0.200. The van der Waals surface area contributed by atoms with E-state index in [2.05, 4.69) is 9.97 Å². The van der Waals surface area contributed by atoms with Crippen LogP contribution in [0.1, 0.15) is 21.7 Å². The van der Waals surface area contributed by atoms with Gasteiger partial charge in [-0.15, -0.1) is 0 Å². The van der Waals surface area contributed by atoms with Gasteiger partial charge < -0.3 is 9.55 Å². The lowest BCUT2D eigenvalue weighted by Gasteiger charge is -2.06. The minimum absolute atomic E-state index is 0.0124. The Morgan fingerprint density at radius 2 is 1.92 bits per heavy atom. The van der Waals surface area contributed by atoms with Gasteiger partial charge in [-0.25, -0.2) is 4.79 Å². The average molecular weight is 350 g/mol. The Bertz CT molecular complexity index is 1100. The maximum absolute atomic E-state index is 12.6. The third-order valence-electron chi connectivity index (χ3n) is 4.05. The predicted molar refractivity (Wildman–Crippen MR) is 89.8 cm³/mol. The second-order valence-corrected chi connectivity index (χ2v) is 6.10. The maximum atomic E-state index is 12.6. The fourth-order valence-electron chi connectivity index (χ4n) is 2.81. The van der Waals surface area contributed by atoms with Gasteiger partial charge in [-0.05, 0) is 31.5 Å². The zero-order valence-corrected chi connectivity index (χ0v) is 14.4. The van der Waals surface area contributed by atoms with Gasteiger partial charge in [0.05, 0.1) is 6.54 Å². The first-order valence-corrected chi connectivity index (χ1v) is 7.61. The van der Waals surface area contributed by atoms with Crippen LogP contribution in [0.25, 0.3) is 11.2 Å². The van der Waals surface area contributed by atoms with Gasteiger partial charge in [-0.2, -0.15) is 4.98 Å². The Hall–Kier alpha value is -2.61. The molecule has 24 heavy (non-hydrogen) atoms. The standard InChI is InChI=1S/C15H16ClN5O3/c1-7-5-9(8(2)17-7)10(22)6-21-11-12(18-14(21)16)19(3)15(24)20(4)13(11)23/h5,17H,6H2,1-4H3. The van der Waals surface area contributed by atoms with Gasteiger partial charge in [-0.3, -0.25) is 18.7 Å². The summed E-state index contributed by atoms with van der Waals surface area (Å²) < 4.78 is 3.53. The molecule has 0 radical (unpaired) electrons. The van der Waals surface area contributed by atoms with Crippen molar-refractivity contribution < 1.29 is 4.79 Å². The van der Waals surface area contributed by atoms with Crippen molar-refractivity contribution in [3.63, 3.8) is 0 Å². The Morgan fingerprint density at radius 1 is 1.25 bits per heavy atom. The molecule has 0 atom stereocenters. The molecule has 3 heterocycles. The summed E-state index contributed by atoms with van der Waals surface area (Å²) in [7, 11) is 2.87. The fraction of sp³-hybridized carbons (Fsp3) is 0.333. The number of imidazole rings is 1. The van der Waals surface area contributed by atoms with E-state index in [0.717, 1.165) is 16.0 Å². The number of aryl methyl sites for hydroxylation is 3. The molecule has 3 aromatic rings. The lowest BCUT2D eigenvalue weighted by atomic mass is 10.1. The highest BCUT2D eigenvalue weighted by Crippen LogP contribution is 2.18. The number of Topliss-reactive ketones (excluding diaryl/α,β-unsaturated/α-hetero) is 1. The van der Waals surface area contributed by atoms with E-state index in [1.807, 2.05) is 6.92 Å². The number of carbonyl (C=O) groups excluding carboxylic acids is 1. The van der Waals surface area contributed by atoms with Crippen LogP contribution in [0.5, 0.6) is 0 Å². The topological polar surface area (TPSA) is 94.7 Å². The minimum Gasteiger partial charge on any atom is -0.362 e. The van der Waals surface area contributed by atoms with E-state index in [-0.39, 0.29) is 28.8 Å².